The number of nitrogens with zero attached hydrogens (tertiary/aromatic N) is 2. The molecule has 0 radical (unpaired) electrons. The molecule has 0 unspecified atom stereocenters. The normalized spacial score (nSPS) is 11.0. The van der Waals surface area contributed by atoms with Crippen molar-refractivity contribution >= 4 is 28.7 Å². The van der Waals surface area contributed by atoms with Crippen LogP contribution in [-0.4, -0.2) is 28.9 Å². The van der Waals surface area contributed by atoms with Gasteiger partial charge in [-0.1, -0.05) is 42.5 Å². The van der Waals surface area contributed by atoms with Crippen molar-refractivity contribution in [2.75, 3.05) is 11.9 Å². The Kier molecular flexibility index (Phi) is 4.33. The van der Waals surface area contributed by atoms with E-state index in [0.29, 0.717) is 5.82 Å². The number of aryl methyl sites for hydroxylation is 1. The largest absolute Gasteiger partial charge is 0.359 e. The van der Waals surface area contributed by atoms with Gasteiger partial charge in [0.15, 0.2) is 0 Å². The van der Waals surface area contributed by atoms with Crippen LogP contribution < -0.4 is 10.7 Å². The monoisotopic (exact) mass is 307 g/mol. The van der Waals surface area contributed by atoms with Crippen LogP contribution in [0, 0.1) is 6.92 Å². The van der Waals surface area contributed by atoms with Gasteiger partial charge in [0.1, 0.15) is 5.82 Å². The van der Waals surface area contributed by atoms with Crippen LogP contribution in [0.3, 0.4) is 0 Å². The highest BCUT2D eigenvalue weighted by Crippen LogP contribution is 2.16. The molecule has 1 amide bonds. The van der Waals surface area contributed by atoms with Crippen molar-refractivity contribution < 1.29 is 4.79 Å². The molecule has 6 heteroatoms. The summed E-state index contributed by atoms with van der Waals surface area (Å²) in [5.74, 6) is 0.401. The Morgan fingerprint density at radius 2 is 2.09 bits per heavy atom. The minimum atomic E-state index is -0.234. The fourth-order valence-electron chi connectivity index (χ4n) is 2.26. The number of hydrogen-bond donors (Lipinski definition) is 3. The highest BCUT2D eigenvalue weighted by Gasteiger charge is 2.02. The average molecular weight is 307 g/mol. The van der Waals surface area contributed by atoms with E-state index in [0.717, 1.165) is 22.0 Å². The van der Waals surface area contributed by atoms with Crippen molar-refractivity contribution in [3.8, 4) is 0 Å². The summed E-state index contributed by atoms with van der Waals surface area (Å²) in [5.41, 5.74) is 4.39. The summed E-state index contributed by atoms with van der Waals surface area (Å²) in [6.45, 7) is 2.00. The zero-order chi connectivity index (χ0) is 16.1. The molecule has 3 N–H and O–H groups in total. The van der Waals surface area contributed by atoms with Gasteiger partial charge in [0.05, 0.1) is 12.8 Å². The van der Waals surface area contributed by atoms with Gasteiger partial charge in [-0.25, -0.2) is 5.43 Å². The minimum Gasteiger partial charge on any atom is -0.359 e. The van der Waals surface area contributed by atoms with Crippen LogP contribution in [0.25, 0.3) is 10.8 Å². The number of aromatic amines is 1. The fraction of sp³-hybridized carbons (Fsp3) is 0.118. The zero-order valence-corrected chi connectivity index (χ0v) is 12.7. The van der Waals surface area contributed by atoms with E-state index in [4.69, 9.17) is 0 Å². The lowest BCUT2D eigenvalue weighted by atomic mass is 10.1. The highest BCUT2D eigenvalue weighted by molar-refractivity contribution is 6.00. The van der Waals surface area contributed by atoms with Crippen LogP contribution in [0.5, 0.6) is 0 Å². The summed E-state index contributed by atoms with van der Waals surface area (Å²) >= 11 is 0. The van der Waals surface area contributed by atoms with Gasteiger partial charge in [-0.2, -0.15) is 10.2 Å². The smallest absolute Gasteiger partial charge is 0.259 e. The molecule has 0 atom stereocenters. The van der Waals surface area contributed by atoms with Gasteiger partial charge in [0.25, 0.3) is 5.91 Å². The molecule has 0 saturated heterocycles. The minimum absolute atomic E-state index is 0.108. The van der Waals surface area contributed by atoms with Gasteiger partial charge in [0, 0.05) is 17.3 Å². The van der Waals surface area contributed by atoms with Crippen molar-refractivity contribution in [3.63, 3.8) is 0 Å². The number of rotatable bonds is 5. The van der Waals surface area contributed by atoms with Gasteiger partial charge in [-0.15, -0.1) is 0 Å². The third-order valence-corrected chi connectivity index (χ3v) is 3.35. The Balaban J connectivity index is 1.58. The predicted octanol–water partition coefficient (Wildman–Crippen LogP) is 2.43. The first-order valence-electron chi connectivity index (χ1n) is 7.28. The molecular weight excluding hydrogens is 290 g/mol. The molecule has 116 valence electrons. The van der Waals surface area contributed by atoms with E-state index in [1.54, 1.807) is 6.21 Å². The summed E-state index contributed by atoms with van der Waals surface area (Å²) in [4.78, 5) is 11.8. The number of aromatic nitrogens is 2. The Morgan fingerprint density at radius 3 is 2.91 bits per heavy atom. The van der Waals surface area contributed by atoms with Crippen molar-refractivity contribution in [2.24, 2.45) is 5.10 Å². The van der Waals surface area contributed by atoms with Gasteiger partial charge in [0.2, 0.25) is 0 Å². The first-order chi connectivity index (χ1) is 11.2. The molecule has 6 nitrogen and oxygen atoms in total. The van der Waals surface area contributed by atoms with E-state index < -0.39 is 0 Å². The first kappa shape index (κ1) is 14.8. The molecular formula is C17H17N5O. The van der Waals surface area contributed by atoms with Crippen molar-refractivity contribution in [2.45, 2.75) is 6.92 Å². The number of carbonyl (C=O) groups excluding carboxylic acids is 1. The Hall–Kier alpha value is -3.15. The van der Waals surface area contributed by atoms with E-state index in [2.05, 4.69) is 26.0 Å². The summed E-state index contributed by atoms with van der Waals surface area (Å²) in [6.07, 6.45) is 1.65. The van der Waals surface area contributed by atoms with E-state index >= 15 is 0 Å². The van der Waals surface area contributed by atoms with E-state index in [1.807, 2.05) is 55.5 Å². The number of nitrogens with one attached hydrogen (secondary N) is 3. The number of carbonyl (C=O) groups is 1. The van der Waals surface area contributed by atoms with Gasteiger partial charge in [-0.05, 0) is 17.7 Å². The average Bonchev–Trinajstić information content (AvgIpc) is 2.99. The molecule has 2 aromatic carbocycles. The van der Waals surface area contributed by atoms with Crippen molar-refractivity contribution in [1.82, 2.24) is 15.6 Å². The molecule has 0 fully saturated rings. The van der Waals surface area contributed by atoms with E-state index in [9.17, 15) is 4.79 Å². The fourth-order valence-corrected chi connectivity index (χ4v) is 2.26. The van der Waals surface area contributed by atoms with Crippen LogP contribution in [0.2, 0.25) is 0 Å². The predicted molar refractivity (Wildman–Crippen MR) is 91.5 cm³/mol. The summed E-state index contributed by atoms with van der Waals surface area (Å²) in [6, 6.07) is 15.8. The number of H-pyrrole nitrogens is 1. The van der Waals surface area contributed by atoms with Crippen molar-refractivity contribution in [1.29, 1.82) is 0 Å². The van der Waals surface area contributed by atoms with Crippen molar-refractivity contribution in [3.05, 3.63) is 59.8 Å². The highest BCUT2D eigenvalue weighted by atomic mass is 16.2. The Labute approximate surface area is 133 Å². The molecule has 3 rings (SSSR count). The third-order valence-electron chi connectivity index (χ3n) is 3.35. The number of benzene rings is 2. The maximum absolute atomic E-state index is 11.8. The second kappa shape index (κ2) is 6.74. The van der Waals surface area contributed by atoms with Crippen LogP contribution in [-0.2, 0) is 4.79 Å². The summed E-state index contributed by atoms with van der Waals surface area (Å²) in [7, 11) is 0. The Morgan fingerprint density at radius 1 is 1.26 bits per heavy atom. The van der Waals surface area contributed by atoms with Gasteiger partial charge < -0.3 is 5.32 Å². The number of hydrogen-bond acceptors (Lipinski definition) is 4. The number of fused-ring (bicyclic) bond motifs is 1. The number of hydrazone groups is 1. The summed E-state index contributed by atoms with van der Waals surface area (Å²) < 4.78 is 0. The SMILES string of the molecule is Cc1cc(NCC(=O)N/N=C/c2cccc3ccccc23)n[nH]1. The summed E-state index contributed by atoms with van der Waals surface area (Å²) in [5, 5.41) is 16.0. The standard InChI is InChI=1S/C17H17N5O/c1-12-9-16(21-20-12)18-11-17(23)22-19-10-14-7-4-6-13-5-2-3-8-15(13)14/h2-10H,11H2,1H3,(H,22,23)(H2,18,20,21)/b19-10+. The zero-order valence-electron chi connectivity index (χ0n) is 12.7. The molecule has 0 aliphatic rings. The molecule has 23 heavy (non-hydrogen) atoms. The quantitative estimate of drug-likeness (QED) is 0.500. The second-order valence-electron chi connectivity index (χ2n) is 5.15. The molecule has 0 aliphatic heterocycles. The molecule has 0 spiro atoms. The molecule has 1 heterocycles. The van der Waals surface area contributed by atoms with Gasteiger partial charge in [-0.3, -0.25) is 9.89 Å². The molecule has 3 aromatic rings. The lowest BCUT2D eigenvalue weighted by Crippen LogP contribution is -2.26. The lowest BCUT2D eigenvalue weighted by molar-refractivity contribution is -0.119. The maximum Gasteiger partial charge on any atom is 0.259 e. The van der Waals surface area contributed by atoms with E-state index in [-0.39, 0.29) is 12.5 Å². The molecule has 0 bridgehead atoms. The Bertz CT molecular complexity index is 848. The maximum atomic E-state index is 11.8. The lowest BCUT2D eigenvalue weighted by Gasteiger charge is -2.03. The number of amides is 1. The van der Waals surface area contributed by atoms with Crippen LogP contribution in [0.1, 0.15) is 11.3 Å². The first-order valence-corrected chi connectivity index (χ1v) is 7.28. The molecule has 1 aromatic heterocycles. The second-order valence-corrected chi connectivity index (χ2v) is 5.15. The van der Waals surface area contributed by atoms with E-state index in [1.165, 1.54) is 0 Å². The topological polar surface area (TPSA) is 82.2 Å². The molecule has 0 aliphatic carbocycles. The van der Waals surface area contributed by atoms with Crippen LogP contribution in [0.4, 0.5) is 5.82 Å². The van der Waals surface area contributed by atoms with Crippen LogP contribution in [0.15, 0.2) is 53.6 Å². The van der Waals surface area contributed by atoms with Crippen LogP contribution >= 0.6 is 0 Å². The van der Waals surface area contributed by atoms with Gasteiger partial charge >= 0.3 is 0 Å². The third kappa shape index (κ3) is 3.74. The molecule has 0 saturated carbocycles. The number of anilines is 1.